The second-order valence-corrected chi connectivity index (χ2v) is 9.94. The maximum atomic E-state index is 11.6. The molecule has 0 heterocycles. The van der Waals surface area contributed by atoms with Crippen molar-refractivity contribution in [1.29, 1.82) is 0 Å². The Bertz CT molecular complexity index is 693. The number of hydrogen-bond donors (Lipinski definition) is 1. The summed E-state index contributed by atoms with van der Waals surface area (Å²) < 4.78 is 33.3. The standard InChI is InChI=1S/C22H37NO5S/c1-22(2,3)28-21(24)13-11-9-7-5-4-6-8-10-12-18-27-19-14-16-20(17-15-19)29(23,25)26/h14-17H,4-13,18H2,1-3H3,(H2,23,25,26). The van der Waals surface area contributed by atoms with Crippen LogP contribution < -0.4 is 9.88 Å². The minimum atomic E-state index is -3.65. The van der Waals surface area contributed by atoms with Crippen LogP contribution in [0.3, 0.4) is 0 Å². The lowest BCUT2D eigenvalue weighted by molar-refractivity contribution is -0.154. The normalized spacial score (nSPS) is 12.0. The quantitative estimate of drug-likeness (QED) is 0.334. The van der Waals surface area contributed by atoms with Gasteiger partial charge in [-0.1, -0.05) is 44.9 Å². The Morgan fingerprint density at radius 2 is 1.34 bits per heavy atom. The fourth-order valence-electron chi connectivity index (χ4n) is 2.92. The maximum absolute atomic E-state index is 11.6. The number of benzene rings is 1. The molecule has 0 aliphatic heterocycles. The number of carbonyl (C=O) groups is 1. The van der Waals surface area contributed by atoms with E-state index < -0.39 is 10.0 Å². The van der Waals surface area contributed by atoms with Crippen molar-refractivity contribution in [3.8, 4) is 5.75 Å². The first kappa shape index (κ1) is 25.4. The number of sulfonamides is 1. The van der Waals surface area contributed by atoms with E-state index in [1.807, 2.05) is 20.8 Å². The molecule has 0 saturated carbocycles. The molecule has 0 saturated heterocycles. The Balaban J connectivity index is 1.93. The number of rotatable bonds is 14. The predicted octanol–water partition coefficient (Wildman–Crippen LogP) is 4.96. The van der Waals surface area contributed by atoms with Crippen molar-refractivity contribution < 1.29 is 22.7 Å². The number of primary sulfonamides is 1. The zero-order valence-electron chi connectivity index (χ0n) is 18.1. The summed E-state index contributed by atoms with van der Waals surface area (Å²) in [6.07, 6.45) is 10.6. The van der Waals surface area contributed by atoms with Crippen molar-refractivity contribution in [3.05, 3.63) is 24.3 Å². The van der Waals surface area contributed by atoms with E-state index in [0.29, 0.717) is 18.8 Å². The molecule has 1 rings (SSSR count). The lowest BCUT2D eigenvalue weighted by Crippen LogP contribution is -2.23. The number of hydrogen-bond acceptors (Lipinski definition) is 5. The highest BCUT2D eigenvalue weighted by Gasteiger charge is 2.15. The first-order valence-corrected chi connectivity index (χ1v) is 12.1. The van der Waals surface area contributed by atoms with Crippen molar-refractivity contribution in [1.82, 2.24) is 0 Å². The van der Waals surface area contributed by atoms with Gasteiger partial charge in [-0.25, -0.2) is 13.6 Å². The SMILES string of the molecule is CC(C)(C)OC(=O)CCCCCCCCCCCOc1ccc(S(N)(=O)=O)cc1. The summed E-state index contributed by atoms with van der Waals surface area (Å²) in [6.45, 7) is 6.31. The Morgan fingerprint density at radius 3 is 1.83 bits per heavy atom. The van der Waals surface area contributed by atoms with Crippen molar-refractivity contribution in [3.63, 3.8) is 0 Å². The summed E-state index contributed by atoms with van der Waals surface area (Å²) in [7, 11) is -3.65. The topological polar surface area (TPSA) is 95.7 Å². The molecule has 0 aliphatic carbocycles. The van der Waals surface area contributed by atoms with Crippen LogP contribution in [0.25, 0.3) is 0 Å². The van der Waals surface area contributed by atoms with E-state index in [2.05, 4.69) is 0 Å². The van der Waals surface area contributed by atoms with Gasteiger partial charge in [0.15, 0.2) is 0 Å². The summed E-state index contributed by atoms with van der Waals surface area (Å²) >= 11 is 0. The van der Waals surface area contributed by atoms with E-state index in [1.54, 1.807) is 12.1 Å². The summed E-state index contributed by atoms with van der Waals surface area (Å²) in [5, 5.41) is 5.07. The van der Waals surface area contributed by atoms with Crippen LogP contribution in [0.2, 0.25) is 0 Å². The van der Waals surface area contributed by atoms with E-state index in [1.165, 1.54) is 44.2 Å². The van der Waals surface area contributed by atoms with Gasteiger partial charge in [-0.3, -0.25) is 4.79 Å². The Morgan fingerprint density at radius 1 is 0.862 bits per heavy atom. The third-order valence-corrected chi connectivity index (χ3v) is 5.30. The molecule has 0 fully saturated rings. The fourth-order valence-corrected chi connectivity index (χ4v) is 3.43. The molecule has 7 heteroatoms. The highest BCUT2D eigenvalue weighted by atomic mass is 32.2. The van der Waals surface area contributed by atoms with E-state index >= 15 is 0 Å². The smallest absolute Gasteiger partial charge is 0.306 e. The molecule has 1 aromatic carbocycles. The summed E-state index contributed by atoms with van der Waals surface area (Å²) in [6, 6.07) is 6.17. The molecule has 0 radical (unpaired) electrons. The zero-order chi connectivity index (χ0) is 21.8. The van der Waals surface area contributed by atoms with E-state index in [-0.39, 0.29) is 16.5 Å². The van der Waals surface area contributed by atoms with Crippen LogP contribution in [0.15, 0.2) is 29.2 Å². The summed E-state index contributed by atoms with van der Waals surface area (Å²) in [5.74, 6) is 0.559. The zero-order valence-corrected chi connectivity index (χ0v) is 18.9. The number of carbonyl (C=O) groups excluding carboxylic acids is 1. The molecule has 2 N–H and O–H groups in total. The molecular formula is C22H37NO5S. The summed E-state index contributed by atoms with van der Waals surface area (Å²) in [4.78, 5) is 11.7. The Labute approximate surface area is 176 Å². The molecule has 1 aromatic rings. The third kappa shape index (κ3) is 13.3. The van der Waals surface area contributed by atoms with Crippen molar-refractivity contribution in [2.45, 2.75) is 95.5 Å². The molecule has 0 unspecified atom stereocenters. The van der Waals surface area contributed by atoms with Crippen LogP contribution in [0.4, 0.5) is 0 Å². The highest BCUT2D eigenvalue weighted by molar-refractivity contribution is 7.89. The Hall–Kier alpha value is -1.60. The van der Waals surface area contributed by atoms with Gasteiger partial charge in [-0.2, -0.15) is 0 Å². The van der Waals surface area contributed by atoms with Crippen molar-refractivity contribution in [2.24, 2.45) is 5.14 Å². The molecule has 0 amide bonds. The molecule has 166 valence electrons. The van der Waals surface area contributed by atoms with Crippen molar-refractivity contribution >= 4 is 16.0 Å². The van der Waals surface area contributed by atoms with Gasteiger partial charge < -0.3 is 9.47 Å². The van der Waals surface area contributed by atoms with Gasteiger partial charge >= 0.3 is 5.97 Å². The molecule has 0 bridgehead atoms. The molecule has 0 aliphatic rings. The molecule has 0 atom stereocenters. The summed E-state index contributed by atoms with van der Waals surface area (Å²) in [5.41, 5.74) is -0.388. The van der Waals surface area contributed by atoms with Gasteiger partial charge in [0.05, 0.1) is 11.5 Å². The van der Waals surface area contributed by atoms with Gasteiger partial charge in [0.1, 0.15) is 11.4 Å². The number of esters is 1. The molecule has 6 nitrogen and oxygen atoms in total. The van der Waals surface area contributed by atoms with Crippen LogP contribution in [0.1, 0.15) is 85.0 Å². The van der Waals surface area contributed by atoms with Crippen LogP contribution >= 0.6 is 0 Å². The van der Waals surface area contributed by atoms with E-state index in [4.69, 9.17) is 14.6 Å². The third-order valence-electron chi connectivity index (χ3n) is 4.37. The first-order valence-electron chi connectivity index (χ1n) is 10.6. The van der Waals surface area contributed by atoms with Crippen LogP contribution in [-0.2, 0) is 19.6 Å². The molecule has 29 heavy (non-hydrogen) atoms. The second kappa shape index (κ2) is 12.9. The molecule has 0 aromatic heterocycles. The second-order valence-electron chi connectivity index (χ2n) is 8.38. The fraction of sp³-hybridized carbons (Fsp3) is 0.682. The van der Waals surface area contributed by atoms with Gasteiger partial charge in [-0.15, -0.1) is 0 Å². The average molecular weight is 428 g/mol. The minimum absolute atomic E-state index is 0.0923. The lowest BCUT2D eigenvalue weighted by atomic mass is 10.1. The monoisotopic (exact) mass is 427 g/mol. The average Bonchev–Trinajstić information content (AvgIpc) is 2.60. The number of ether oxygens (including phenoxy) is 2. The largest absolute Gasteiger partial charge is 0.494 e. The molecule has 0 spiro atoms. The van der Waals surface area contributed by atoms with Crippen molar-refractivity contribution in [2.75, 3.05) is 6.61 Å². The minimum Gasteiger partial charge on any atom is -0.494 e. The lowest BCUT2D eigenvalue weighted by Gasteiger charge is -2.19. The van der Waals surface area contributed by atoms with E-state index in [9.17, 15) is 13.2 Å². The van der Waals surface area contributed by atoms with Crippen LogP contribution in [-0.4, -0.2) is 26.6 Å². The maximum Gasteiger partial charge on any atom is 0.306 e. The van der Waals surface area contributed by atoms with Gasteiger partial charge in [0.2, 0.25) is 10.0 Å². The van der Waals surface area contributed by atoms with Crippen LogP contribution in [0.5, 0.6) is 5.75 Å². The van der Waals surface area contributed by atoms with Gasteiger partial charge in [0, 0.05) is 6.42 Å². The van der Waals surface area contributed by atoms with Gasteiger partial charge in [-0.05, 0) is 57.9 Å². The first-order chi connectivity index (χ1) is 13.6. The number of nitrogens with two attached hydrogens (primary N) is 1. The van der Waals surface area contributed by atoms with Crippen LogP contribution in [0, 0.1) is 0 Å². The van der Waals surface area contributed by atoms with E-state index in [0.717, 1.165) is 25.7 Å². The molecular weight excluding hydrogens is 390 g/mol. The number of unbranched alkanes of at least 4 members (excludes halogenated alkanes) is 8. The Kier molecular flexibility index (Phi) is 11.3. The highest BCUT2D eigenvalue weighted by Crippen LogP contribution is 2.16. The predicted molar refractivity (Wildman–Crippen MR) is 115 cm³/mol. The van der Waals surface area contributed by atoms with Gasteiger partial charge in [0.25, 0.3) is 0 Å².